The minimum atomic E-state index is -0.504. The van der Waals surface area contributed by atoms with Crippen LogP contribution in [0.5, 0.6) is 11.5 Å². The molecule has 1 N–H and O–H groups in total. The van der Waals surface area contributed by atoms with Crippen LogP contribution in [0.1, 0.15) is 6.92 Å². The minimum Gasteiger partial charge on any atom is -0.497 e. The molecule has 1 aromatic heterocycles. The standard InChI is InChI=1S/C19H18FN3O4S/c1-11(17(24)21-13-6-4-12(20)5-7-13)28-19-23-22-18(27-19)15-9-8-14(25-2)10-16(15)26-3/h4-11H,1-3H3,(H,21,24)/t11-/m0/s1. The molecule has 3 rings (SSSR count). The van der Waals surface area contributed by atoms with Crippen molar-refractivity contribution in [1.29, 1.82) is 0 Å². The van der Waals surface area contributed by atoms with Gasteiger partial charge in [0, 0.05) is 11.8 Å². The van der Waals surface area contributed by atoms with E-state index in [1.165, 1.54) is 31.4 Å². The number of thioether (sulfide) groups is 1. The Morgan fingerprint density at radius 2 is 1.89 bits per heavy atom. The molecule has 0 saturated heterocycles. The average molecular weight is 403 g/mol. The second-order valence-electron chi connectivity index (χ2n) is 5.70. The van der Waals surface area contributed by atoms with Gasteiger partial charge in [0.15, 0.2) is 0 Å². The number of methoxy groups -OCH3 is 2. The van der Waals surface area contributed by atoms with Gasteiger partial charge < -0.3 is 19.2 Å². The Kier molecular flexibility index (Phi) is 6.15. The highest BCUT2D eigenvalue weighted by atomic mass is 32.2. The first-order valence-corrected chi connectivity index (χ1v) is 9.17. The highest BCUT2D eigenvalue weighted by Crippen LogP contribution is 2.34. The zero-order chi connectivity index (χ0) is 20.1. The number of amides is 1. The lowest BCUT2D eigenvalue weighted by Crippen LogP contribution is -2.22. The molecular formula is C19H18FN3O4S. The average Bonchev–Trinajstić information content (AvgIpc) is 3.17. The van der Waals surface area contributed by atoms with Gasteiger partial charge in [-0.1, -0.05) is 11.8 Å². The van der Waals surface area contributed by atoms with Crippen LogP contribution in [-0.2, 0) is 4.79 Å². The van der Waals surface area contributed by atoms with Gasteiger partial charge in [-0.25, -0.2) is 4.39 Å². The van der Waals surface area contributed by atoms with E-state index >= 15 is 0 Å². The summed E-state index contributed by atoms with van der Waals surface area (Å²) in [5.41, 5.74) is 1.12. The zero-order valence-corrected chi connectivity index (χ0v) is 16.2. The summed E-state index contributed by atoms with van der Waals surface area (Å²) in [5, 5.41) is 10.5. The Labute approximate surface area is 165 Å². The lowest BCUT2D eigenvalue weighted by molar-refractivity contribution is -0.115. The maximum Gasteiger partial charge on any atom is 0.277 e. The van der Waals surface area contributed by atoms with E-state index in [9.17, 15) is 9.18 Å². The molecule has 0 aliphatic carbocycles. The maximum absolute atomic E-state index is 12.9. The minimum absolute atomic E-state index is 0.245. The summed E-state index contributed by atoms with van der Waals surface area (Å²) in [4.78, 5) is 12.3. The van der Waals surface area contributed by atoms with Crippen LogP contribution in [0.3, 0.4) is 0 Å². The van der Waals surface area contributed by atoms with Gasteiger partial charge in [-0.2, -0.15) is 0 Å². The number of carbonyl (C=O) groups excluding carboxylic acids is 1. The van der Waals surface area contributed by atoms with Crippen molar-refractivity contribution in [3.05, 3.63) is 48.3 Å². The number of ether oxygens (including phenoxy) is 2. The SMILES string of the molecule is COc1ccc(-c2nnc(S[C@@H](C)C(=O)Nc3ccc(F)cc3)o2)c(OC)c1. The Morgan fingerprint density at radius 3 is 2.57 bits per heavy atom. The number of carbonyl (C=O) groups is 1. The molecule has 2 aromatic carbocycles. The molecule has 1 heterocycles. The summed E-state index contributed by atoms with van der Waals surface area (Å²) in [6, 6.07) is 10.8. The second-order valence-corrected chi connectivity index (χ2v) is 6.99. The third-order valence-corrected chi connectivity index (χ3v) is 4.74. The fraction of sp³-hybridized carbons (Fsp3) is 0.211. The van der Waals surface area contributed by atoms with Crippen LogP contribution >= 0.6 is 11.8 Å². The van der Waals surface area contributed by atoms with Gasteiger partial charge in [-0.15, -0.1) is 10.2 Å². The lowest BCUT2D eigenvalue weighted by Gasteiger charge is -2.09. The summed E-state index contributed by atoms with van der Waals surface area (Å²) in [5.74, 6) is 0.807. The number of hydrogen-bond donors (Lipinski definition) is 1. The highest BCUT2D eigenvalue weighted by Gasteiger charge is 2.20. The van der Waals surface area contributed by atoms with Crippen LogP contribution in [0, 0.1) is 5.82 Å². The number of anilines is 1. The predicted octanol–water partition coefficient (Wildman–Crippen LogP) is 4.01. The molecule has 146 valence electrons. The lowest BCUT2D eigenvalue weighted by atomic mass is 10.2. The van der Waals surface area contributed by atoms with Gasteiger partial charge >= 0.3 is 0 Å². The first-order chi connectivity index (χ1) is 13.5. The van der Waals surface area contributed by atoms with Crippen molar-refractivity contribution in [2.75, 3.05) is 19.5 Å². The van der Waals surface area contributed by atoms with Crippen molar-refractivity contribution in [2.24, 2.45) is 0 Å². The molecule has 0 saturated carbocycles. The smallest absolute Gasteiger partial charge is 0.277 e. The topological polar surface area (TPSA) is 86.5 Å². The van der Waals surface area contributed by atoms with E-state index in [4.69, 9.17) is 13.9 Å². The molecule has 0 bridgehead atoms. The number of nitrogens with one attached hydrogen (secondary N) is 1. The summed E-state index contributed by atoms with van der Waals surface area (Å²) in [7, 11) is 3.10. The molecule has 0 radical (unpaired) electrons. The van der Waals surface area contributed by atoms with Crippen molar-refractivity contribution in [3.63, 3.8) is 0 Å². The van der Waals surface area contributed by atoms with E-state index < -0.39 is 5.25 Å². The highest BCUT2D eigenvalue weighted by molar-refractivity contribution is 8.00. The summed E-state index contributed by atoms with van der Waals surface area (Å²) >= 11 is 1.12. The third kappa shape index (κ3) is 4.61. The van der Waals surface area contributed by atoms with Crippen molar-refractivity contribution in [3.8, 4) is 23.0 Å². The maximum atomic E-state index is 12.9. The van der Waals surface area contributed by atoms with Gasteiger partial charge in [0.1, 0.15) is 17.3 Å². The summed E-state index contributed by atoms with van der Waals surface area (Å²) < 4.78 is 29.1. The Bertz CT molecular complexity index is 962. The first-order valence-electron chi connectivity index (χ1n) is 8.29. The molecule has 0 fully saturated rings. The van der Waals surface area contributed by atoms with Crippen molar-refractivity contribution in [2.45, 2.75) is 17.4 Å². The van der Waals surface area contributed by atoms with E-state index in [-0.39, 0.29) is 22.8 Å². The van der Waals surface area contributed by atoms with Crippen LogP contribution in [-0.4, -0.2) is 35.6 Å². The Morgan fingerprint density at radius 1 is 1.14 bits per heavy atom. The molecule has 0 unspecified atom stereocenters. The van der Waals surface area contributed by atoms with Gasteiger partial charge in [0.25, 0.3) is 11.1 Å². The molecule has 1 amide bonds. The van der Waals surface area contributed by atoms with Crippen molar-refractivity contribution < 1.29 is 23.1 Å². The largest absolute Gasteiger partial charge is 0.497 e. The van der Waals surface area contributed by atoms with E-state index in [2.05, 4.69) is 15.5 Å². The van der Waals surface area contributed by atoms with Gasteiger partial charge in [-0.3, -0.25) is 4.79 Å². The molecular weight excluding hydrogens is 385 g/mol. The van der Waals surface area contributed by atoms with Crippen molar-refractivity contribution in [1.82, 2.24) is 10.2 Å². The molecule has 3 aromatic rings. The Balaban J connectivity index is 1.68. The number of benzene rings is 2. The quantitative estimate of drug-likeness (QED) is 0.597. The van der Waals surface area contributed by atoms with E-state index in [0.29, 0.717) is 22.7 Å². The van der Waals surface area contributed by atoms with E-state index in [1.54, 1.807) is 32.2 Å². The fourth-order valence-corrected chi connectivity index (χ4v) is 3.01. The Hall–Kier alpha value is -3.07. The third-order valence-electron chi connectivity index (χ3n) is 3.80. The molecule has 9 heteroatoms. The molecule has 7 nitrogen and oxygen atoms in total. The molecule has 0 aliphatic rings. The van der Waals surface area contributed by atoms with Gasteiger partial charge in [0.2, 0.25) is 5.91 Å². The van der Waals surface area contributed by atoms with Gasteiger partial charge in [0.05, 0.1) is 25.0 Å². The predicted molar refractivity (Wildman–Crippen MR) is 103 cm³/mol. The van der Waals surface area contributed by atoms with Crippen LogP contribution in [0.25, 0.3) is 11.5 Å². The number of hydrogen-bond acceptors (Lipinski definition) is 7. The number of rotatable bonds is 7. The zero-order valence-electron chi connectivity index (χ0n) is 15.4. The monoisotopic (exact) mass is 403 g/mol. The van der Waals surface area contributed by atoms with E-state index in [0.717, 1.165) is 11.8 Å². The second kappa shape index (κ2) is 8.75. The molecule has 28 heavy (non-hydrogen) atoms. The van der Waals surface area contributed by atoms with Gasteiger partial charge in [-0.05, 0) is 43.3 Å². The summed E-state index contributed by atoms with van der Waals surface area (Å²) in [6.45, 7) is 1.71. The normalized spacial score (nSPS) is 11.7. The van der Waals surface area contributed by atoms with E-state index in [1.807, 2.05) is 0 Å². The van der Waals surface area contributed by atoms with Crippen LogP contribution in [0.2, 0.25) is 0 Å². The summed E-state index contributed by atoms with van der Waals surface area (Å²) in [6.07, 6.45) is 0. The fourth-order valence-electron chi connectivity index (χ4n) is 2.32. The number of aromatic nitrogens is 2. The molecule has 0 aliphatic heterocycles. The molecule has 1 atom stereocenters. The number of nitrogens with zero attached hydrogens (tertiary/aromatic N) is 2. The first kappa shape index (κ1) is 19.7. The molecule has 0 spiro atoms. The van der Waals surface area contributed by atoms with Crippen LogP contribution in [0.4, 0.5) is 10.1 Å². The number of halogens is 1. The van der Waals surface area contributed by atoms with Crippen LogP contribution in [0.15, 0.2) is 52.1 Å². The van der Waals surface area contributed by atoms with Crippen molar-refractivity contribution >= 4 is 23.4 Å². The van der Waals surface area contributed by atoms with Crippen LogP contribution < -0.4 is 14.8 Å².